The van der Waals surface area contributed by atoms with Crippen molar-refractivity contribution in [2.24, 2.45) is 5.92 Å². The number of sulfonamides is 1. The van der Waals surface area contributed by atoms with Gasteiger partial charge in [0.25, 0.3) is 0 Å². The fourth-order valence-electron chi connectivity index (χ4n) is 3.60. The average Bonchev–Trinajstić information content (AvgIpc) is 2.79. The molecule has 0 aliphatic carbocycles. The molecule has 1 aliphatic rings. The first-order chi connectivity index (χ1) is 15.2. The predicted molar refractivity (Wildman–Crippen MR) is 114 cm³/mol. The summed E-state index contributed by atoms with van der Waals surface area (Å²) in [5.41, 5.74) is 1.59. The van der Waals surface area contributed by atoms with Crippen LogP contribution >= 0.6 is 0 Å². The average molecular weight is 466 g/mol. The molecule has 3 rings (SSSR count). The second kappa shape index (κ2) is 10.3. The summed E-state index contributed by atoms with van der Waals surface area (Å²) >= 11 is 0. The molecule has 0 spiro atoms. The molecule has 0 atom stereocenters. The van der Waals surface area contributed by atoms with Gasteiger partial charge in [0, 0.05) is 18.7 Å². The number of benzene rings is 2. The zero-order valence-electron chi connectivity index (χ0n) is 17.7. The van der Waals surface area contributed by atoms with E-state index in [1.54, 1.807) is 12.1 Å². The number of halogens is 2. The van der Waals surface area contributed by atoms with Gasteiger partial charge < -0.3 is 4.74 Å². The lowest BCUT2D eigenvalue weighted by Gasteiger charge is -2.30. The fraction of sp³-hybridized carbons (Fsp3) is 0.391. The van der Waals surface area contributed by atoms with Gasteiger partial charge >= 0.3 is 5.97 Å². The van der Waals surface area contributed by atoms with E-state index in [0.29, 0.717) is 11.6 Å². The van der Waals surface area contributed by atoms with Crippen LogP contribution in [0.25, 0.3) is 0 Å². The summed E-state index contributed by atoms with van der Waals surface area (Å²) in [5.74, 6) is -3.76. The third-order valence-corrected chi connectivity index (χ3v) is 7.37. The molecule has 6 nitrogen and oxygen atoms in total. The van der Waals surface area contributed by atoms with E-state index < -0.39 is 33.5 Å². The molecule has 0 radical (unpaired) electrons. The minimum absolute atomic E-state index is 0.0356. The van der Waals surface area contributed by atoms with Crippen LogP contribution in [0.15, 0.2) is 47.4 Å². The number of nitrogens with zero attached hydrogens (tertiary/aromatic N) is 1. The van der Waals surface area contributed by atoms with Crippen molar-refractivity contribution in [3.63, 3.8) is 0 Å². The number of esters is 1. The van der Waals surface area contributed by atoms with E-state index in [2.05, 4.69) is 6.92 Å². The van der Waals surface area contributed by atoms with Crippen LogP contribution in [0.4, 0.5) is 8.78 Å². The van der Waals surface area contributed by atoms with Crippen LogP contribution in [0, 0.1) is 17.6 Å². The number of carbonyl (C=O) groups is 2. The molecule has 32 heavy (non-hydrogen) atoms. The second-order valence-electron chi connectivity index (χ2n) is 7.73. The Hall–Kier alpha value is -2.65. The first-order valence-electron chi connectivity index (χ1n) is 10.5. The largest absolute Gasteiger partial charge is 0.457 e. The standard InChI is InChI=1S/C23H25F2NO5S/c1-2-3-16-4-6-17(7-5-16)22(27)15-31-23(28)18-10-12-26(13-11-18)32(29,30)19-8-9-20(24)21(25)14-19/h4-9,14,18H,2-3,10-13,15H2,1H3. The third-order valence-electron chi connectivity index (χ3n) is 5.48. The molecule has 1 saturated heterocycles. The Bertz CT molecular complexity index is 1080. The van der Waals surface area contributed by atoms with Crippen molar-refractivity contribution in [2.75, 3.05) is 19.7 Å². The predicted octanol–water partition coefficient (Wildman–Crippen LogP) is 3.74. The molecule has 172 valence electrons. The van der Waals surface area contributed by atoms with Gasteiger partial charge in [-0.1, -0.05) is 37.6 Å². The molecule has 9 heteroatoms. The molecule has 1 heterocycles. The van der Waals surface area contributed by atoms with E-state index in [1.165, 1.54) is 0 Å². The molecule has 1 aliphatic heterocycles. The molecule has 2 aromatic rings. The summed E-state index contributed by atoms with van der Waals surface area (Å²) in [7, 11) is -4.00. The number of rotatable bonds is 8. The number of ether oxygens (including phenoxy) is 1. The maximum absolute atomic E-state index is 13.4. The smallest absolute Gasteiger partial charge is 0.309 e. The quantitative estimate of drug-likeness (QED) is 0.438. The number of hydrogen-bond donors (Lipinski definition) is 0. The summed E-state index contributed by atoms with van der Waals surface area (Å²) < 4.78 is 58.1. The van der Waals surface area contributed by atoms with Crippen molar-refractivity contribution in [3.8, 4) is 0 Å². The van der Waals surface area contributed by atoms with Gasteiger partial charge in [0.15, 0.2) is 24.0 Å². The Labute approximate surface area is 186 Å². The van der Waals surface area contributed by atoms with Gasteiger partial charge in [0.2, 0.25) is 10.0 Å². The molecule has 0 N–H and O–H groups in total. The normalized spacial score (nSPS) is 15.5. The topological polar surface area (TPSA) is 80.8 Å². The SMILES string of the molecule is CCCc1ccc(C(=O)COC(=O)C2CCN(S(=O)(=O)c3ccc(F)c(F)c3)CC2)cc1. The van der Waals surface area contributed by atoms with Crippen molar-refractivity contribution in [3.05, 3.63) is 65.2 Å². The first kappa shape index (κ1) is 24.0. The number of carbonyl (C=O) groups excluding carboxylic acids is 2. The summed E-state index contributed by atoms with van der Waals surface area (Å²) in [6.45, 7) is 1.77. The molecule has 0 aromatic heterocycles. The number of ketones is 1. The van der Waals surface area contributed by atoms with Gasteiger partial charge in [-0.15, -0.1) is 0 Å². The van der Waals surface area contributed by atoms with Gasteiger partial charge in [-0.25, -0.2) is 17.2 Å². The van der Waals surface area contributed by atoms with Crippen molar-refractivity contribution in [2.45, 2.75) is 37.5 Å². The summed E-state index contributed by atoms with van der Waals surface area (Å²) in [6.07, 6.45) is 2.35. The van der Waals surface area contributed by atoms with Gasteiger partial charge in [-0.2, -0.15) is 4.31 Å². The highest BCUT2D eigenvalue weighted by molar-refractivity contribution is 7.89. The van der Waals surface area contributed by atoms with Gasteiger partial charge in [0.05, 0.1) is 10.8 Å². The maximum Gasteiger partial charge on any atom is 0.309 e. The zero-order chi connectivity index (χ0) is 23.3. The fourth-order valence-corrected chi connectivity index (χ4v) is 5.08. The van der Waals surface area contributed by atoms with E-state index in [-0.39, 0.29) is 43.2 Å². The molecular weight excluding hydrogens is 440 g/mol. The first-order valence-corrected chi connectivity index (χ1v) is 11.9. The minimum Gasteiger partial charge on any atom is -0.457 e. The Morgan fingerprint density at radius 3 is 2.28 bits per heavy atom. The van der Waals surface area contributed by atoms with Crippen molar-refractivity contribution >= 4 is 21.8 Å². The maximum atomic E-state index is 13.4. The third kappa shape index (κ3) is 5.58. The molecule has 0 saturated carbocycles. The molecule has 0 bridgehead atoms. The second-order valence-corrected chi connectivity index (χ2v) is 9.67. The Balaban J connectivity index is 1.51. The van der Waals surface area contributed by atoms with Gasteiger partial charge in [-0.05, 0) is 43.0 Å². The van der Waals surface area contributed by atoms with Gasteiger partial charge in [0.1, 0.15) is 0 Å². The Morgan fingerprint density at radius 1 is 1.03 bits per heavy atom. The van der Waals surface area contributed by atoms with Crippen LogP contribution in [0.3, 0.4) is 0 Å². The highest BCUT2D eigenvalue weighted by atomic mass is 32.2. The molecule has 1 fully saturated rings. The molecule has 2 aromatic carbocycles. The lowest BCUT2D eigenvalue weighted by Crippen LogP contribution is -2.40. The van der Waals surface area contributed by atoms with Crippen LogP contribution in [0.2, 0.25) is 0 Å². The molecule has 0 unspecified atom stereocenters. The highest BCUT2D eigenvalue weighted by Gasteiger charge is 2.33. The number of hydrogen-bond acceptors (Lipinski definition) is 5. The van der Waals surface area contributed by atoms with Crippen molar-refractivity contribution < 1.29 is 31.5 Å². The van der Waals surface area contributed by atoms with Crippen LogP contribution in [0.1, 0.15) is 42.1 Å². The zero-order valence-corrected chi connectivity index (χ0v) is 18.5. The van der Waals surface area contributed by atoms with Crippen molar-refractivity contribution in [1.29, 1.82) is 0 Å². The summed E-state index contributed by atoms with van der Waals surface area (Å²) in [4.78, 5) is 24.3. The van der Waals surface area contributed by atoms with E-state index in [4.69, 9.17) is 4.74 Å². The van der Waals surface area contributed by atoms with Gasteiger partial charge in [-0.3, -0.25) is 9.59 Å². The lowest BCUT2D eigenvalue weighted by molar-refractivity contribution is -0.148. The molecular formula is C23H25F2NO5S. The van der Waals surface area contributed by atoms with E-state index in [0.717, 1.165) is 34.8 Å². The van der Waals surface area contributed by atoms with E-state index in [9.17, 15) is 26.8 Å². The van der Waals surface area contributed by atoms with Crippen molar-refractivity contribution in [1.82, 2.24) is 4.31 Å². The van der Waals surface area contributed by atoms with Crippen LogP contribution in [-0.2, 0) is 26.0 Å². The Morgan fingerprint density at radius 2 is 1.69 bits per heavy atom. The van der Waals surface area contributed by atoms with E-state index >= 15 is 0 Å². The van der Waals surface area contributed by atoms with Crippen LogP contribution in [-0.4, -0.2) is 44.2 Å². The monoisotopic (exact) mass is 465 g/mol. The number of aryl methyl sites for hydroxylation is 1. The van der Waals surface area contributed by atoms with Crippen LogP contribution in [0.5, 0.6) is 0 Å². The summed E-state index contributed by atoms with van der Waals surface area (Å²) in [6, 6.07) is 9.59. The minimum atomic E-state index is -4.00. The highest BCUT2D eigenvalue weighted by Crippen LogP contribution is 2.25. The van der Waals surface area contributed by atoms with E-state index in [1.807, 2.05) is 12.1 Å². The number of piperidine rings is 1. The number of Topliss-reactive ketones (excluding diaryl/α,β-unsaturated/α-hetero) is 1. The lowest BCUT2D eigenvalue weighted by atomic mass is 9.98. The Kier molecular flexibility index (Phi) is 7.73. The molecule has 0 amide bonds. The van der Waals surface area contributed by atoms with Crippen LogP contribution < -0.4 is 0 Å². The summed E-state index contributed by atoms with van der Waals surface area (Å²) in [5, 5.41) is 0.